The molecule has 15 heavy (non-hydrogen) atoms. The second kappa shape index (κ2) is 4.97. The second-order valence-corrected chi connectivity index (χ2v) is 5.49. The van der Waals surface area contributed by atoms with Gasteiger partial charge in [0, 0.05) is 12.5 Å². The molecule has 1 saturated carbocycles. The maximum absolute atomic E-state index is 11.7. The number of carbonyl (C=O) groups is 1. The van der Waals surface area contributed by atoms with Gasteiger partial charge in [0.25, 0.3) is 0 Å². The molecule has 3 nitrogen and oxygen atoms in total. The molecule has 1 aliphatic rings. The molecule has 0 aromatic carbocycles. The van der Waals surface area contributed by atoms with Gasteiger partial charge in [-0.05, 0) is 45.4 Å². The SMILES string of the molecule is CC(C)(O)CNC(=O)[C@H]1CC[C@@H](C)CC1. The number of hydrogen-bond donors (Lipinski definition) is 2. The van der Waals surface area contributed by atoms with Crippen molar-refractivity contribution in [1.29, 1.82) is 0 Å². The van der Waals surface area contributed by atoms with E-state index in [1.165, 1.54) is 0 Å². The van der Waals surface area contributed by atoms with Crippen LogP contribution in [0.4, 0.5) is 0 Å². The fourth-order valence-electron chi connectivity index (χ4n) is 1.97. The zero-order valence-electron chi connectivity index (χ0n) is 10.0. The minimum atomic E-state index is -0.808. The number of rotatable bonds is 3. The summed E-state index contributed by atoms with van der Waals surface area (Å²) in [6.07, 6.45) is 4.30. The van der Waals surface area contributed by atoms with Crippen molar-refractivity contribution < 1.29 is 9.90 Å². The zero-order valence-corrected chi connectivity index (χ0v) is 10.0. The van der Waals surface area contributed by atoms with E-state index in [9.17, 15) is 9.90 Å². The highest BCUT2D eigenvalue weighted by Crippen LogP contribution is 2.28. The topological polar surface area (TPSA) is 49.3 Å². The van der Waals surface area contributed by atoms with Crippen LogP contribution >= 0.6 is 0 Å². The first-order chi connectivity index (χ1) is 6.88. The van der Waals surface area contributed by atoms with Gasteiger partial charge in [-0.2, -0.15) is 0 Å². The summed E-state index contributed by atoms with van der Waals surface area (Å²) >= 11 is 0. The molecule has 0 radical (unpaired) electrons. The summed E-state index contributed by atoms with van der Waals surface area (Å²) in [5, 5.41) is 12.3. The van der Waals surface area contributed by atoms with Crippen molar-refractivity contribution in [2.45, 2.75) is 52.1 Å². The molecule has 1 aliphatic carbocycles. The van der Waals surface area contributed by atoms with E-state index in [1.54, 1.807) is 13.8 Å². The highest BCUT2D eigenvalue weighted by Gasteiger charge is 2.25. The Morgan fingerprint density at radius 1 is 1.33 bits per heavy atom. The Bertz CT molecular complexity index is 212. The van der Waals surface area contributed by atoms with Crippen LogP contribution in [-0.4, -0.2) is 23.2 Å². The molecule has 2 N–H and O–H groups in total. The molecular formula is C12H23NO2. The monoisotopic (exact) mass is 213 g/mol. The van der Waals surface area contributed by atoms with Crippen LogP contribution in [0, 0.1) is 11.8 Å². The van der Waals surface area contributed by atoms with Crippen molar-refractivity contribution >= 4 is 5.91 Å². The minimum Gasteiger partial charge on any atom is -0.389 e. The van der Waals surface area contributed by atoms with Crippen molar-refractivity contribution in [2.24, 2.45) is 11.8 Å². The van der Waals surface area contributed by atoms with E-state index in [0.29, 0.717) is 6.54 Å². The van der Waals surface area contributed by atoms with E-state index < -0.39 is 5.60 Å². The Morgan fingerprint density at radius 2 is 1.87 bits per heavy atom. The zero-order chi connectivity index (χ0) is 11.5. The van der Waals surface area contributed by atoms with Gasteiger partial charge in [-0.15, -0.1) is 0 Å². The van der Waals surface area contributed by atoms with Gasteiger partial charge in [-0.25, -0.2) is 0 Å². The number of carbonyl (C=O) groups excluding carboxylic acids is 1. The molecule has 3 heteroatoms. The molecule has 0 bridgehead atoms. The van der Waals surface area contributed by atoms with Gasteiger partial charge in [0.2, 0.25) is 5.91 Å². The van der Waals surface area contributed by atoms with Crippen molar-refractivity contribution in [3.05, 3.63) is 0 Å². The summed E-state index contributed by atoms with van der Waals surface area (Å²) in [7, 11) is 0. The summed E-state index contributed by atoms with van der Waals surface area (Å²) < 4.78 is 0. The van der Waals surface area contributed by atoms with Crippen molar-refractivity contribution in [3.63, 3.8) is 0 Å². The first-order valence-electron chi connectivity index (χ1n) is 5.88. The smallest absolute Gasteiger partial charge is 0.223 e. The van der Waals surface area contributed by atoms with Crippen LogP contribution in [0.15, 0.2) is 0 Å². The molecule has 0 spiro atoms. The molecule has 1 rings (SSSR count). The largest absolute Gasteiger partial charge is 0.389 e. The van der Waals surface area contributed by atoms with Gasteiger partial charge < -0.3 is 10.4 Å². The molecule has 1 amide bonds. The molecular weight excluding hydrogens is 190 g/mol. The summed E-state index contributed by atoms with van der Waals surface area (Å²) in [4.78, 5) is 11.7. The van der Waals surface area contributed by atoms with E-state index in [2.05, 4.69) is 12.2 Å². The van der Waals surface area contributed by atoms with Crippen molar-refractivity contribution in [3.8, 4) is 0 Å². The Morgan fingerprint density at radius 3 is 2.33 bits per heavy atom. The predicted molar refractivity (Wildman–Crippen MR) is 60.4 cm³/mol. The van der Waals surface area contributed by atoms with E-state index in [-0.39, 0.29) is 11.8 Å². The number of amides is 1. The van der Waals surface area contributed by atoms with Gasteiger partial charge in [-0.1, -0.05) is 6.92 Å². The van der Waals surface area contributed by atoms with Crippen LogP contribution in [0.25, 0.3) is 0 Å². The molecule has 1 fully saturated rings. The quantitative estimate of drug-likeness (QED) is 0.749. The molecule has 0 aliphatic heterocycles. The highest BCUT2D eigenvalue weighted by molar-refractivity contribution is 5.78. The van der Waals surface area contributed by atoms with E-state index in [0.717, 1.165) is 31.6 Å². The molecule has 88 valence electrons. The second-order valence-electron chi connectivity index (χ2n) is 5.49. The van der Waals surface area contributed by atoms with Crippen molar-refractivity contribution in [2.75, 3.05) is 6.54 Å². The lowest BCUT2D eigenvalue weighted by Gasteiger charge is -2.26. The van der Waals surface area contributed by atoms with Crippen LogP contribution in [0.5, 0.6) is 0 Å². The first-order valence-corrected chi connectivity index (χ1v) is 5.88. The Labute approximate surface area is 92.3 Å². The van der Waals surface area contributed by atoms with Crippen molar-refractivity contribution in [1.82, 2.24) is 5.32 Å². The average molecular weight is 213 g/mol. The molecule has 0 aromatic rings. The van der Waals surface area contributed by atoms with Crippen LogP contribution < -0.4 is 5.32 Å². The average Bonchev–Trinajstić information content (AvgIpc) is 2.14. The number of hydrogen-bond acceptors (Lipinski definition) is 2. The van der Waals surface area contributed by atoms with Crippen LogP contribution in [0.2, 0.25) is 0 Å². The third-order valence-corrected chi connectivity index (χ3v) is 3.08. The molecule has 0 heterocycles. The fraction of sp³-hybridized carbons (Fsp3) is 0.917. The van der Waals surface area contributed by atoms with Gasteiger partial charge in [0.15, 0.2) is 0 Å². The predicted octanol–water partition coefficient (Wildman–Crippen LogP) is 1.70. The number of aliphatic hydroxyl groups is 1. The minimum absolute atomic E-state index is 0.115. The van der Waals surface area contributed by atoms with Crippen LogP contribution in [0.3, 0.4) is 0 Å². The molecule has 0 saturated heterocycles. The Balaban J connectivity index is 2.29. The highest BCUT2D eigenvalue weighted by atomic mass is 16.3. The maximum Gasteiger partial charge on any atom is 0.223 e. The summed E-state index contributed by atoms with van der Waals surface area (Å²) in [6, 6.07) is 0. The van der Waals surface area contributed by atoms with Gasteiger partial charge in [-0.3, -0.25) is 4.79 Å². The van der Waals surface area contributed by atoms with Crippen LogP contribution in [0.1, 0.15) is 46.5 Å². The molecule has 0 unspecified atom stereocenters. The lowest BCUT2D eigenvalue weighted by Crippen LogP contribution is -2.41. The first kappa shape index (κ1) is 12.5. The van der Waals surface area contributed by atoms with Crippen LogP contribution in [-0.2, 0) is 4.79 Å². The summed E-state index contributed by atoms with van der Waals surface area (Å²) in [5.74, 6) is 1.05. The normalized spacial score (nSPS) is 27.5. The third kappa shape index (κ3) is 4.65. The molecule has 0 aromatic heterocycles. The Hall–Kier alpha value is -0.570. The standard InChI is InChI=1S/C12H23NO2/c1-9-4-6-10(7-5-9)11(14)13-8-12(2,3)15/h9-10,15H,4-8H2,1-3H3,(H,13,14)/t9-,10+. The lowest BCUT2D eigenvalue weighted by atomic mass is 9.82. The van der Waals surface area contributed by atoms with E-state index in [1.807, 2.05) is 0 Å². The summed E-state index contributed by atoms with van der Waals surface area (Å²) in [6.45, 7) is 6.00. The van der Waals surface area contributed by atoms with Gasteiger partial charge in [0.1, 0.15) is 0 Å². The van der Waals surface area contributed by atoms with Gasteiger partial charge >= 0.3 is 0 Å². The number of nitrogens with one attached hydrogen (secondary N) is 1. The lowest BCUT2D eigenvalue weighted by molar-refractivity contribution is -0.127. The van der Waals surface area contributed by atoms with Gasteiger partial charge in [0.05, 0.1) is 5.60 Å². The van der Waals surface area contributed by atoms with E-state index in [4.69, 9.17) is 0 Å². The fourth-order valence-corrected chi connectivity index (χ4v) is 1.97. The third-order valence-electron chi connectivity index (χ3n) is 3.08. The molecule has 0 atom stereocenters. The Kier molecular flexibility index (Phi) is 4.14. The summed E-state index contributed by atoms with van der Waals surface area (Å²) in [5.41, 5.74) is -0.808. The van der Waals surface area contributed by atoms with E-state index >= 15 is 0 Å². The maximum atomic E-state index is 11.7.